The Hall–Kier alpha value is -1.32. The van der Waals surface area contributed by atoms with Gasteiger partial charge in [-0.25, -0.2) is 4.98 Å². The summed E-state index contributed by atoms with van der Waals surface area (Å²) in [5.41, 5.74) is 1.33. The van der Waals surface area contributed by atoms with Gasteiger partial charge in [-0.1, -0.05) is 13.3 Å². The van der Waals surface area contributed by atoms with Gasteiger partial charge in [0.2, 0.25) is 0 Å². The minimum absolute atomic E-state index is 0.649. The largest absolute Gasteiger partial charge is 0.480 e. The van der Waals surface area contributed by atoms with Crippen LogP contribution < -0.4 is 0 Å². The predicted octanol–water partition coefficient (Wildman–Crippen LogP) is 1.79. The Morgan fingerprint density at radius 1 is 1.60 bits per heavy atom. The summed E-state index contributed by atoms with van der Waals surface area (Å²) < 4.78 is 0. The summed E-state index contributed by atoms with van der Waals surface area (Å²) in [5, 5.41) is 9.13. The molecule has 4 nitrogen and oxygen atoms in total. The van der Waals surface area contributed by atoms with Crippen molar-refractivity contribution < 1.29 is 9.90 Å². The first-order valence-corrected chi connectivity index (χ1v) is 5.39. The van der Waals surface area contributed by atoms with E-state index in [0.29, 0.717) is 18.7 Å². The van der Waals surface area contributed by atoms with E-state index in [4.69, 9.17) is 5.11 Å². The lowest BCUT2D eigenvalue weighted by molar-refractivity contribution is -0.140. The highest BCUT2D eigenvalue weighted by molar-refractivity contribution is 5.83. The molecule has 1 saturated carbocycles. The Labute approximate surface area is 88.7 Å². The summed E-state index contributed by atoms with van der Waals surface area (Å²) in [5.74, 6) is -0.102. The molecule has 1 aliphatic rings. The molecule has 0 spiro atoms. The standard InChI is InChI=1S/C11H16N2O2/c1-3-4-8-7(2)12-9(13-8)11(5-6-11)10(14)15/h3-6H2,1-2H3,(H,12,13)(H,14,15). The fraction of sp³-hybridized carbons (Fsp3) is 0.636. The first-order chi connectivity index (χ1) is 7.10. The molecule has 0 unspecified atom stereocenters. The van der Waals surface area contributed by atoms with E-state index < -0.39 is 11.4 Å². The molecule has 1 aliphatic carbocycles. The highest BCUT2D eigenvalue weighted by Gasteiger charge is 2.54. The molecule has 1 heterocycles. The third-order valence-corrected chi connectivity index (χ3v) is 3.09. The maximum atomic E-state index is 11.1. The van der Waals surface area contributed by atoms with Crippen molar-refractivity contribution in [2.45, 2.75) is 44.9 Å². The number of aryl methyl sites for hydroxylation is 2. The van der Waals surface area contributed by atoms with Crippen LogP contribution in [0, 0.1) is 6.92 Å². The Morgan fingerprint density at radius 3 is 2.73 bits per heavy atom. The summed E-state index contributed by atoms with van der Waals surface area (Å²) in [6.07, 6.45) is 3.37. The number of aliphatic carboxylic acids is 1. The fourth-order valence-corrected chi connectivity index (χ4v) is 1.88. The van der Waals surface area contributed by atoms with Crippen LogP contribution in [0.5, 0.6) is 0 Å². The topological polar surface area (TPSA) is 66.0 Å². The lowest BCUT2D eigenvalue weighted by Gasteiger charge is -2.04. The fourth-order valence-electron chi connectivity index (χ4n) is 1.88. The average molecular weight is 208 g/mol. The normalized spacial score (nSPS) is 17.7. The van der Waals surface area contributed by atoms with Crippen LogP contribution >= 0.6 is 0 Å². The number of aromatic nitrogens is 2. The number of carboxylic acid groups (broad SMARTS) is 1. The molecular weight excluding hydrogens is 192 g/mol. The van der Waals surface area contributed by atoms with Crippen LogP contribution in [0.15, 0.2) is 0 Å². The van der Waals surface area contributed by atoms with Crippen LogP contribution in [0.3, 0.4) is 0 Å². The molecule has 2 N–H and O–H groups in total. The summed E-state index contributed by atoms with van der Waals surface area (Å²) >= 11 is 0. The van der Waals surface area contributed by atoms with Gasteiger partial charge < -0.3 is 10.1 Å². The first-order valence-electron chi connectivity index (χ1n) is 5.39. The molecule has 0 saturated heterocycles. The SMILES string of the molecule is CCCc1nc(C2(C(=O)O)CC2)[nH]c1C. The minimum atomic E-state index is -0.751. The van der Waals surface area contributed by atoms with Crippen LogP contribution in [0.1, 0.15) is 43.4 Å². The number of hydrogen-bond acceptors (Lipinski definition) is 2. The number of carbonyl (C=O) groups is 1. The maximum absolute atomic E-state index is 11.1. The molecule has 0 radical (unpaired) electrons. The van der Waals surface area contributed by atoms with E-state index >= 15 is 0 Å². The maximum Gasteiger partial charge on any atom is 0.317 e. The number of nitrogens with zero attached hydrogens (tertiary/aromatic N) is 1. The van der Waals surface area contributed by atoms with Crippen molar-refractivity contribution in [3.8, 4) is 0 Å². The predicted molar refractivity (Wildman–Crippen MR) is 55.9 cm³/mol. The van der Waals surface area contributed by atoms with Crippen molar-refractivity contribution in [1.29, 1.82) is 0 Å². The van der Waals surface area contributed by atoms with Gasteiger partial charge in [-0.2, -0.15) is 0 Å². The molecule has 82 valence electrons. The molecule has 0 aromatic carbocycles. The molecule has 1 aromatic heterocycles. The molecule has 1 fully saturated rings. The van der Waals surface area contributed by atoms with Gasteiger partial charge in [-0.05, 0) is 26.2 Å². The van der Waals surface area contributed by atoms with Crippen molar-refractivity contribution in [2.24, 2.45) is 0 Å². The summed E-state index contributed by atoms with van der Waals surface area (Å²) in [6, 6.07) is 0. The molecule has 0 atom stereocenters. The lowest BCUT2D eigenvalue weighted by atomic mass is 10.1. The monoisotopic (exact) mass is 208 g/mol. The zero-order valence-electron chi connectivity index (χ0n) is 9.13. The highest BCUT2D eigenvalue weighted by Crippen LogP contribution is 2.47. The highest BCUT2D eigenvalue weighted by atomic mass is 16.4. The van der Waals surface area contributed by atoms with Crippen molar-refractivity contribution in [3.05, 3.63) is 17.2 Å². The van der Waals surface area contributed by atoms with E-state index in [1.807, 2.05) is 6.92 Å². The average Bonchev–Trinajstić information content (AvgIpc) is 2.90. The van der Waals surface area contributed by atoms with Crippen molar-refractivity contribution in [2.75, 3.05) is 0 Å². The lowest BCUT2D eigenvalue weighted by Crippen LogP contribution is -2.21. The van der Waals surface area contributed by atoms with Crippen molar-refractivity contribution in [1.82, 2.24) is 9.97 Å². The third-order valence-electron chi connectivity index (χ3n) is 3.09. The molecule has 0 amide bonds. The molecule has 0 aliphatic heterocycles. The van der Waals surface area contributed by atoms with Gasteiger partial charge in [-0.15, -0.1) is 0 Å². The zero-order chi connectivity index (χ0) is 11.1. The number of nitrogens with one attached hydrogen (secondary N) is 1. The number of aromatic amines is 1. The van der Waals surface area contributed by atoms with E-state index in [2.05, 4.69) is 16.9 Å². The molecule has 2 rings (SSSR count). The second kappa shape index (κ2) is 3.36. The number of H-pyrrole nitrogens is 1. The van der Waals surface area contributed by atoms with Gasteiger partial charge >= 0.3 is 5.97 Å². The second-order valence-electron chi connectivity index (χ2n) is 4.29. The van der Waals surface area contributed by atoms with Gasteiger partial charge in [0.25, 0.3) is 0 Å². The van der Waals surface area contributed by atoms with E-state index in [9.17, 15) is 4.79 Å². The zero-order valence-corrected chi connectivity index (χ0v) is 9.13. The molecule has 1 aromatic rings. The van der Waals surface area contributed by atoms with E-state index in [-0.39, 0.29) is 0 Å². The number of carboxylic acids is 1. The van der Waals surface area contributed by atoms with Crippen molar-refractivity contribution >= 4 is 5.97 Å². The Balaban J connectivity index is 2.30. The van der Waals surface area contributed by atoms with Crippen LogP contribution in [0.2, 0.25) is 0 Å². The summed E-state index contributed by atoms with van der Waals surface area (Å²) in [4.78, 5) is 18.6. The van der Waals surface area contributed by atoms with Gasteiger partial charge in [0.1, 0.15) is 11.2 Å². The quantitative estimate of drug-likeness (QED) is 0.792. The number of hydrogen-bond donors (Lipinski definition) is 2. The Kier molecular flexibility index (Phi) is 2.29. The van der Waals surface area contributed by atoms with Crippen LogP contribution in [0.25, 0.3) is 0 Å². The summed E-state index contributed by atoms with van der Waals surface area (Å²) in [7, 11) is 0. The third kappa shape index (κ3) is 1.54. The number of imidazole rings is 1. The van der Waals surface area contributed by atoms with Crippen LogP contribution in [-0.2, 0) is 16.6 Å². The first kappa shape index (κ1) is 10.2. The Morgan fingerprint density at radius 2 is 2.27 bits per heavy atom. The second-order valence-corrected chi connectivity index (χ2v) is 4.29. The molecule has 15 heavy (non-hydrogen) atoms. The van der Waals surface area contributed by atoms with Crippen LogP contribution in [0.4, 0.5) is 0 Å². The molecular formula is C11H16N2O2. The Bertz CT molecular complexity index is 391. The van der Waals surface area contributed by atoms with E-state index in [1.165, 1.54) is 0 Å². The number of rotatable bonds is 4. The van der Waals surface area contributed by atoms with Crippen molar-refractivity contribution in [3.63, 3.8) is 0 Å². The molecule has 4 heteroatoms. The van der Waals surface area contributed by atoms with Gasteiger partial charge in [0.15, 0.2) is 0 Å². The van der Waals surface area contributed by atoms with Crippen LogP contribution in [-0.4, -0.2) is 21.0 Å². The van der Waals surface area contributed by atoms with Gasteiger partial charge in [0.05, 0.1) is 5.69 Å². The van der Waals surface area contributed by atoms with E-state index in [1.54, 1.807) is 0 Å². The molecule has 0 bridgehead atoms. The van der Waals surface area contributed by atoms with Gasteiger partial charge in [0, 0.05) is 5.69 Å². The smallest absolute Gasteiger partial charge is 0.317 e. The van der Waals surface area contributed by atoms with Gasteiger partial charge in [-0.3, -0.25) is 4.79 Å². The minimum Gasteiger partial charge on any atom is -0.480 e. The van der Waals surface area contributed by atoms with E-state index in [0.717, 1.165) is 24.2 Å². The summed E-state index contributed by atoms with van der Waals surface area (Å²) in [6.45, 7) is 4.05.